The van der Waals surface area contributed by atoms with Crippen molar-refractivity contribution in [3.63, 3.8) is 0 Å². The van der Waals surface area contributed by atoms with Crippen molar-refractivity contribution in [3.05, 3.63) is 65.1 Å². The molecule has 2 aromatic carbocycles. The maximum atomic E-state index is 12.0. The molecule has 9 rings (SSSR count). The first-order valence-corrected chi connectivity index (χ1v) is 16.2. The number of aliphatic hydroxyl groups excluding tert-OH is 2. The summed E-state index contributed by atoms with van der Waals surface area (Å²) in [6.45, 7) is -0.0774. The smallest absolute Gasteiger partial charge is 0.317 e. The van der Waals surface area contributed by atoms with Gasteiger partial charge in [0.2, 0.25) is 12.0 Å². The molecule has 15 nitrogen and oxygen atoms in total. The molecule has 0 saturated carbocycles. The third-order valence-corrected chi connectivity index (χ3v) is 9.89. The number of hydrogen-bond acceptors (Lipinski definition) is 12. The normalized spacial score (nSPS) is 26.9. The van der Waals surface area contributed by atoms with Crippen molar-refractivity contribution in [2.45, 2.75) is 61.6 Å². The summed E-state index contributed by atoms with van der Waals surface area (Å²) < 4.78 is 43.6. The summed E-state index contributed by atoms with van der Waals surface area (Å²) in [6, 6.07) is 7.36. The Morgan fingerprint density at radius 3 is 2.73 bits per heavy atom. The van der Waals surface area contributed by atoms with Crippen LogP contribution in [0.1, 0.15) is 47.1 Å². The summed E-state index contributed by atoms with van der Waals surface area (Å²) in [4.78, 5) is 26.2. The number of benzene rings is 2. The fourth-order valence-electron chi connectivity index (χ4n) is 7.35. The zero-order valence-corrected chi connectivity index (χ0v) is 27.5. The topological polar surface area (TPSA) is 200 Å². The minimum atomic E-state index is -2.22. The van der Waals surface area contributed by atoms with E-state index >= 15 is 0 Å². The van der Waals surface area contributed by atoms with E-state index < -0.39 is 67.7 Å². The molecule has 2 aromatic heterocycles. The number of hydrogen-bond donors (Lipinski definition) is 5. The van der Waals surface area contributed by atoms with Gasteiger partial charge in [0.25, 0.3) is 0 Å². The lowest BCUT2D eigenvalue weighted by atomic mass is 9.81. The number of aliphatic hydroxyl groups is 3. The van der Waals surface area contributed by atoms with Crippen molar-refractivity contribution in [1.29, 1.82) is 0 Å². The summed E-state index contributed by atoms with van der Waals surface area (Å²) in [6.07, 6.45) is -2.62. The van der Waals surface area contributed by atoms with Crippen molar-refractivity contribution in [3.8, 4) is 40.6 Å². The maximum Gasteiger partial charge on any atom is 0.317 e. The van der Waals surface area contributed by atoms with Crippen LogP contribution in [0.2, 0.25) is 0 Å². The largest absolute Gasteiger partial charge is 0.493 e. The van der Waals surface area contributed by atoms with Gasteiger partial charge in [0.1, 0.15) is 54.5 Å². The van der Waals surface area contributed by atoms with Crippen LogP contribution in [0.5, 0.6) is 28.7 Å². The fraction of sp³-hybridized carbons (Fsp3) is 0.389. The molecule has 51 heavy (non-hydrogen) atoms. The molecule has 5 aliphatic heterocycles. The Balaban J connectivity index is 1.24. The number of carboxylic acid groups (broad SMARTS) is 1. The van der Waals surface area contributed by atoms with Gasteiger partial charge in [-0.2, -0.15) is 0 Å². The van der Waals surface area contributed by atoms with Crippen LogP contribution in [0.15, 0.2) is 42.9 Å². The van der Waals surface area contributed by atoms with E-state index in [2.05, 4.69) is 16.8 Å². The molecule has 7 atom stereocenters. The molecule has 5 aliphatic rings. The van der Waals surface area contributed by atoms with Gasteiger partial charge in [-0.1, -0.05) is 17.9 Å². The van der Waals surface area contributed by atoms with E-state index in [-0.39, 0.29) is 18.3 Å². The summed E-state index contributed by atoms with van der Waals surface area (Å²) in [5.74, 6) is 5.57. The van der Waals surface area contributed by atoms with Gasteiger partial charge in [0, 0.05) is 59.7 Å². The second-order valence-corrected chi connectivity index (χ2v) is 12.9. The molecule has 0 amide bonds. The van der Waals surface area contributed by atoms with E-state index in [9.17, 15) is 24.9 Å². The van der Waals surface area contributed by atoms with Crippen LogP contribution in [-0.4, -0.2) is 99.6 Å². The number of ether oxygens (including phenoxy) is 7. The number of esters is 1. The molecule has 266 valence electrons. The Labute approximate surface area is 290 Å². The van der Waals surface area contributed by atoms with E-state index in [1.54, 1.807) is 20.3 Å². The van der Waals surface area contributed by atoms with Gasteiger partial charge in [-0.05, 0) is 12.1 Å². The van der Waals surface area contributed by atoms with Crippen LogP contribution in [0.4, 0.5) is 0 Å². The lowest BCUT2D eigenvalue weighted by Gasteiger charge is -2.47. The number of carbonyl (C=O) groups excluding carboxylic acids is 1. The van der Waals surface area contributed by atoms with E-state index in [1.807, 2.05) is 41.4 Å². The number of nitrogens with zero attached hydrogens (tertiary/aromatic N) is 1. The number of aliphatic carboxylic acids is 1. The highest BCUT2D eigenvalue weighted by atomic mass is 16.7. The van der Waals surface area contributed by atoms with Gasteiger partial charge in [-0.25, -0.2) is 0 Å². The predicted molar refractivity (Wildman–Crippen MR) is 174 cm³/mol. The Morgan fingerprint density at radius 2 is 1.96 bits per heavy atom. The standard InChI is InChI=1S/C36H34N2O13/c1-45-23-6-5-19-21-15-47-25-10-24-18(4-3-8-36(44)26(16-48-28(41)11-27(39)40)50-35(49-24)30(42)34(36)43)20(13-38-12-17-7-9-37-22(17)14-38)29(25)31(21)51-32(19)33(23)46-2/h5-7,9-10,12,14,21,26,30-31,34-35,37,42-44H,8,11,13,15-16H2,1-2H3,(H,39,40)/t21-,26+,30+,31+,34+,35+,36+/m0/s1. The molecule has 0 radical (unpaired) electrons. The number of nitrogens with one attached hydrogen (secondary N) is 1. The van der Waals surface area contributed by atoms with Gasteiger partial charge < -0.3 is 63.1 Å². The number of methoxy groups -OCH3 is 2. The van der Waals surface area contributed by atoms with Gasteiger partial charge in [-0.15, -0.1) is 0 Å². The van der Waals surface area contributed by atoms with Crippen molar-refractivity contribution < 1.29 is 63.2 Å². The molecule has 0 aliphatic carbocycles. The zero-order valence-electron chi connectivity index (χ0n) is 27.5. The number of fused-ring (bicyclic) bond motifs is 9. The molecular weight excluding hydrogens is 668 g/mol. The highest BCUT2D eigenvalue weighted by molar-refractivity contribution is 5.90. The number of aromatic amines is 1. The molecule has 2 bridgehead atoms. The number of aromatic nitrogens is 2. The quantitative estimate of drug-likeness (QED) is 0.102. The molecule has 5 N–H and O–H groups in total. The summed E-state index contributed by atoms with van der Waals surface area (Å²) >= 11 is 0. The average molecular weight is 703 g/mol. The number of carbonyl (C=O) groups is 2. The Hall–Kier alpha value is -5.40. The molecule has 0 unspecified atom stereocenters. The Morgan fingerprint density at radius 1 is 1.12 bits per heavy atom. The number of H-pyrrole nitrogens is 1. The van der Waals surface area contributed by atoms with Crippen LogP contribution in [0.25, 0.3) is 10.9 Å². The fourth-order valence-corrected chi connectivity index (χ4v) is 7.35. The number of carboxylic acids is 1. The van der Waals surface area contributed by atoms with Crippen LogP contribution in [0, 0.1) is 11.8 Å². The molecule has 1 saturated heterocycles. The molecular formula is C36H34N2O13. The Bertz CT molecular complexity index is 2080. The zero-order chi connectivity index (χ0) is 35.6. The maximum absolute atomic E-state index is 12.0. The lowest BCUT2D eigenvalue weighted by molar-refractivity contribution is -0.312. The minimum absolute atomic E-state index is 0.174. The van der Waals surface area contributed by atoms with Crippen LogP contribution < -0.4 is 23.7 Å². The predicted octanol–water partition coefficient (Wildman–Crippen LogP) is 1.97. The monoisotopic (exact) mass is 702 g/mol. The molecule has 7 heterocycles. The minimum Gasteiger partial charge on any atom is -0.493 e. The summed E-state index contributed by atoms with van der Waals surface area (Å²) in [5.41, 5.74) is 1.44. The van der Waals surface area contributed by atoms with Crippen LogP contribution in [0.3, 0.4) is 0 Å². The molecule has 15 heteroatoms. The van der Waals surface area contributed by atoms with Gasteiger partial charge in [0.15, 0.2) is 11.5 Å². The molecule has 0 spiro atoms. The average Bonchev–Trinajstić information content (AvgIpc) is 3.81. The molecule has 4 aromatic rings. The first-order chi connectivity index (χ1) is 24.6. The van der Waals surface area contributed by atoms with Gasteiger partial charge >= 0.3 is 11.9 Å². The summed E-state index contributed by atoms with van der Waals surface area (Å²) in [5, 5.41) is 43.9. The molecule has 1 fully saturated rings. The Kier molecular flexibility index (Phi) is 7.99. The van der Waals surface area contributed by atoms with Crippen molar-refractivity contribution in [1.82, 2.24) is 9.55 Å². The second-order valence-electron chi connectivity index (χ2n) is 12.9. The van der Waals surface area contributed by atoms with Crippen LogP contribution >= 0.6 is 0 Å². The van der Waals surface area contributed by atoms with Crippen molar-refractivity contribution in [2.24, 2.45) is 0 Å². The van der Waals surface area contributed by atoms with Crippen molar-refractivity contribution >= 4 is 22.8 Å². The van der Waals surface area contributed by atoms with E-state index in [0.29, 0.717) is 40.7 Å². The van der Waals surface area contributed by atoms with Crippen molar-refractivity contribution in [2.75, 3.05) is 27.4 Å². The highest BCUT2D eigenvalue weighted by Gasteiger charge is 2.56. The highest BCUT2D eigenvalue weighted by Crippen LogP contribution is 2.58. The van der Waals surface area contributed by atoms with E-state index in [1.165, 1.54) is 0 Å². The van der Waals surface area contributed by atoms with E-state index in [0.717, 1.165) is 22.0 Å². The van der Waals surface area contributed by atoms with Crippen LogP contribution in [-0.2, 0) is 25.6 Å². The van der Waals surface area contributed by atoms with E-state index in [4.69, 9.17) is 38.3 Å². The first kappa shape index (κ1) is 32.8. The van der Waals surface area contributed by atoms with Gasteiger partial charge in [-0.3, -0.25) is 9.59 Å². The van der Waals surface area contributed by atoms with Gasteiger partial charge in [0.05, 0.1) is 37.8 Å². The number of rotatable bonds is 8. The first-order valence-electron chi connectivity index (χ1n) is 16.2. The summed E-state index contributed by atoms with van der Waals surface area (Å²) in [7, 11) is 3.10. The second kappa shape index (κ2) is 12.4. The SMILES string of the molecule is COc1ccc2c(c1OC)O[C@H]1c3c(cc4c(c3Cn3cc5cc[nH]c5c3)C#CC[C@]3(O)[C@H](O)[C@@H](O)[C@H](O4)O[C@@H]3COC(=O)CC(=O)O)OC[C@@H]21. The third-order valence-electron chi connectivity index (χ3n) is 9.89. The lowest BCUT2D eigenvalue weighted by Crippen LogP contribution is -2.68. The third kappa shape index (κ3) is 5.38.